The quantitative estimate of drug-likeness (QED) is 0.339. The van der Waals surface area contributed by atoms with E-state index in [0.29, 0.717) is 23.8 Å². The summed E-state index contributed by atoms with van der Waals surface area (Å²) in [5.74, 6) is 1.45. The maximum atomic E-state index is 13.9. The van der Waals surface area contributed by atoms with E-state index in [4.69, 9.17) is 14.1 Å². The van der Waals surface area contributed by atoms with Gasteiger partial charge in [-0.05, 0) is 62.1 Å². The first kappa shape index (κ1) is 20.5. The number of piperidine rings is 1. The lowest BCUT2D eigenvalue weighted by atomic mass is 9.36. The summed E-state index contributed by atoms with van der Waals surface area (Å²) in [5, 5.41) is 7.27. The van der Waals surface area contributed by atoms with Crippen LogP contribution in [-0.4, -0.2) is 55.0 Å². The van der Waals surface area contributed by atoms with Gasteiger partial charge in [-0.2, -0.15) is 0 Å². The van der Waals surface area contributed by atoms with Gasteiger partial charge in [-0.25, -0.2) is 0 Å². The number of carbonyl (C=O) groups is 1. The predicted molar refractivity (Wildman–Crippen MR) is 281 cm³/mol. The van der Waals surface area contributed by atoms with Crippen LogP contribution < -0.4 is 4.74 Å². The molecule has 0 amide bonds. The van der Waals surface area contributed by atoms with Crippen LogP contribution in [0.1, 0.15) is 194 Å². The van der Waals surface area contributed by atoms with Crippen molar-refractivity contribution in [2.24, 2.45) is 16.7 Å². The van der Waals surface area contributed by atoms with Gasteiger partial charge in [0.05, 0.1) is 6.04 Å². The van der Waals surface area contributed by atoms with Crippen LogP contribution in [0.3, 0.4) is 0 Å². The van der Waals surface area contributed by atoms with Crippen LogP contribution in [0.5, 0.6) is 11.5 Å². The summed E-state index contributed by atoms with van der Waals surface area (Å²) < 4.78 is 32.9. The Hall–Kier alpha value is -1.59. The summed E-state index contributed by atoms with van der Waals surface area (Å²) in [6.07, 6.45) is 0.967. The minimum Gasteiger partial charge on any atom is -0.504 e. The molecule has 6 rings (SSSR count). The third-order valence-corrected chi connectivity index (χ3v) is 12.4. The van der Waals surface area contributed by atoms with Gasteiger partial charge in [-0.15, -0.1) is 0 Å². The fourth-order valence-electron chi connectivity index (χ4n) is 9.85. The van der Waals surface area contributed by atoms with E-state index in [0.717, 1.165) is 28.7 Å². The van der Waals surface area contributed by atoms with Crippen LogP contribution >= 0.6 is 0 Å². The van der Waals surface area contributed by atoms with Gasteiger partial charge in [-0.3, -0.25) is 9.69 Å². The number of likely N-dealkylation sites (tertiary alicyclic amines) is 1. The molecule has 2 heterocycles. The van der Waals surface area contributed by atoms with E-state index in [-0.39, 0.29) is 133 Å². The molecule has 0 aromatic heterocycles. The van der Waals surface area contributed by atoms with Gasteiger partial charge in [0, 0.05) is 138 Å². The van der Waals surface area contributed by atoms with Crippen LogP contribution in [-0.2, 0) is 15.6 Å². The zero-order valence-corrected chi connectivity index (χ0v) is 23.1. The highest BCUT2D eigenvalue weighted by Crippen LogP contribution is 2.75. The second kappa shape index (κ2) is 6.27. The first-order valence-corrected chi connectivity index (χ1v) is 13.5. The molecule has 5 aliphatic rings. The van der Waals surface area contributed by atoms with E-state index in [2.05, 4.69) is 67.2 Å². The first-order valence-electron chi connectivity index (χ1n) is 14.8. The monoisotopic (exact) mass is 622 g/mol. The predicted octanol–water partition coefficient (Wildman–Crippen LogP) is 21.4. The molecule has 0 radical (unpaired) electrons. The molecule has 2 aliphatic heterocycles. The Labute approximate surface area is 315 Å². The standard InChI is InChI=1S/C30H43NO4.68H2/c1-14-13-28(14,10)18(5)31-17(4)27(8,9)30-21-20-15(2)16(3)22(33)23(21)35-24(30)19(32)11-12-29(30,34)25(31)26(20,6)7;;;;;;;;;;;;;;;;;;;;;;;;;;;;;;;;;;;;;;;;;;;;;;;;;;;;;;;;;;;;;;;;;;;;/h14,17-18,24-25,33-34H,11-13H2,1-10H3;68*1H/p+1/t14?,17?,18?,24-,25+,28?,29+,30-;;;;;;;;;;;;;;;;;;;;;;;;;;;;;;;;;;;;;;;;;;;;;;;;;;;;;;;;;;;;;;;;;;;;/m0..................................................................../s1/i34D;;;;;;;;;;;;;;;;;;;;;;;;;;;;;;;;;;;;;;;;;;;;;;;;;;;;;;;;;;;;;;;;;;;;/hD2. The van der Waals surface area contributed by atoms with Crippen molar-refractivity contribution in [1.82, 2.24) is 4.90 Å². The summed E-state index contributed by atoms with van der Waals surface area (Å²) in [6.45, 7) is 22.3. The molecule has 1 aromatic carbocycles. The Morgan fingerprint density at radius 3 is 2.43 bits per heavy atom. The Kier molecular flexibility index (Phi) is 3.67. The van der Waals surface area contributed by atoms with Gasteiger partial charge in [0.25, 0.3) is 1.43 Å². The van der Waals surface area contributed by atoms with Gasteiger partial charge in [0.15, 0.2) is 29.0 Å². The van der Waals surface area contributed by atoms with Gasteiger partial charge < -0.3 is 15.0 Å². The molecule has 3 fully saturated rings. The molecule has 3 aliphatic carbocycles. The molecule has 328 valence electrons. The topological polar surface area (TPSA) is 72.7 Å². The Bertz CT molecular complexity index is 1340. The molecule has 2 saturated carbocycles. The maximum absolute atomic E-state index is 13.9. The van der Waals surface area contributed by atoms with Crippen molar-refractivity contribution in [1.29, 1.82) is 4.29 Å². The zero-order valence-electron chi connectivity index (χ0n) is 26.1. The van der Waals surface area contributed by atoms with E-state index in [1.54, 1.807) is 0 Å². The number of nitrogens with zero attached hydrogens (tertiary/aromatic N) is 1. The Balaban J connectivity index is -0.00000000446. The van der Waals surface area contributed by atoms with Gasteiger partial charge in [-0.1, -0.05) is 41.5 Å². The molecule has 1 saturated heterocycles. The van der Waals surface area contributed by atoms with E-state index < -0.39 is 27.9 Å². The molecule has 35 heavy (non-hydrogen) atoms. The Morgan fingerprint density at radius 1 is 1.20 bits per heavy atom. The van der Waals surface area contributed by atoms with E-state index >= 15 is 0 Å². The molecule has 5 nitrogen and oxygen atoms in total. The number of phenols is 1. The number of rotatable bonds is 4. The first-order chi connectivity index (χ1) is 17.5. The second-order valence-corrected chi connectivity index (χ2v) is 14.1. The molecule has 1 spiro atoms. The van der Waals surface area contributed by atoms with Crippen molar-refractivity contribution in [3.05, 3.63) is 22.3 Å². The molecular weight excluding hydrogens is 438 g/mol. The number of benzene rings is 1. The summed E-state index contributed by atoms with van der Waals surface area (Å²) >= 11 is 0. The minimum atomic E-state index is -1.08. The third kappa shape index (κ3) is 2.17. The van der Waals surface area contributed by atoms with E-state index in [1.807, 2.05) is 12.0 Å². The highest BCUT2D eigenvalue weighted by molar-refractivity contribution is 5.91. The average molecular weight is 623 g/mol. The van der Waals surface area contributed by atoms with Crippen molar-refractivity contribution in [2.75, 3.05) is 0 Å². The molecule has 2 bridgehead atoms. The van der Waals surface area contributed by atoms with E-state index in [9.17, 15) is 4.79 Å². The van der Waals surface area contributed by atoms with Crippen LogP contribution in [0.2, 0.25) is 0 Å². The summed E-state index contributed by atoms with van der Waals surface area (Å²) in [5.41, 5.74) is 1.00. The van der Waals surface area contributed by atoms with Crippen molar-refractivity contribution in [2.45, 2.75) is 129 Å². The highest BCUT2D eigenvalue weighted by atomic mass is 16.5. The third-order valence-electron chi connectivity index (χ3n) is 12.4. The van der Waals surface area contributed by atoms with Crippen molar-refractivity contribution in [3.63, 3.8) is 0 Å². The van der Waals surface area contributed by atoms with Crippen LogP contribution in [0.15, 0.2) is 0 Å². The Morgan fingerprint density at radius 2 is 1.86 bits per heavy atom. The molecule has 4 unspecified atom stereocenters. The number of hydrogen-bond acceptors (Lipinski definition) is 4. The zero-order chi connectivity index (χ0) is 28.1. The molecule has 5 heteroatoms. The number of ether oxygens (including phenoxy) is 1. The van der Waals surface area contributed by atoms with Crippen LogP contribution in [0.25, 0.3) is 0 Å². The van der Waals surface area contributed by atoms with Crippen molar-refractivity contribution < 1.29 is 117 Å². The summed E-state index contributed by atoms with van der Waals surface area (Å²) in [7, 11) is 0. The van der Waals surface area contributed by atoms with E-state index in [1.165, 1.54) is 0 Å². The van der Waals surface area contributed by atoms with Gasteiger partial charge in [0.1, 0.15) is 5.41 Å². The minimum absolute atomic E-state index is 0. The maximum Gasteiger partial charge on any atom is 0.487 e. The largest absolute Gasteiger partial charge is 0.504 e. The number of phenolic OH excluding ortho intramolecular Hbond substituents is 1. The second-order valence-electron chi connectivity index (χ2n) is 14.1. The number of ketones is 1. The average Bonchev–Trinajstić information content (AvgIpc) is 3.28. The number of aromatic hydroxyl groups is 1. The molecule has 3 N–H and O–H groups in total. The van der Waals surface area contributed by atoms with Gasteiger partial charge >= 0.3 is 2.86 Å². The molecular formula is C30H180NO4+. The summed E-state index contributed by atoms with van der Waals surface area (Å²) in [4.78, 5) is 16.5. The fourth-order valence-corrected chi connectivity index (χ4v) is 9.85. The van der Waals surface area contributed by atoms with Crippen LogP contribution in [0, 0.1) is 30.6 Å². The number of carbonyl (C=O) groups excluding carboxylic acids is 1. The number of Topliss-reactive ketones (excluding diaryl/α,β-unsaturated/α-hetero) is 1. The lowest BCUT2D eigenvalue weighted by Crippen LogP contribution is -2.87. The molecule has 1 aromatic rings. The normalized spacial score (nSPS) is 46.3. The number of hydrogen-bond donors (Lipinski definition) is 1. The molecule has 8 atom stereocenters. The summed E-state index contributed by atoms with van der Waals surface area (Å²) in [6, 6.07) is 0.0387. The smallest absolute Gasteiger partial charge is 0.487 e. The SMILES string of the molecule is [2H]Oc1c(C)c(C)c2c3c1O[C@H]1C(=O)CC[C@@]4([O+]([2H])[2H])[C@H](N(C(C)C5(C)CC5C)C(C)C(C)(C)[C@]314)C2(C)C.[HH].[HH].[HH].[HH].[HH].[HH].[HH].[HH].[HH].[HH].[HH].[HH].[HH].[HH].[HH].[HH].[HH].[HH].[HH].[HH].[HH].[HH].[HH].[HH].[HH].[HH].[HH].[HH].[HH].[HH].[HH].[HH].[HH].[HH].[HH].[HH].[HH].[HH].[HH].[HH].[HH].[HH].[HH].[HH].[HH].[HH].[HH].[HH].[HH].[HH].[HH].[HH].[HH].[HH].[HH].[HH].[HH].[HH].[HH].[HH].[HH].[HH].[HH].[HH].[HH].[HH].[HH].[HH]. The van der Waals surface area contributed by atoms with Crippen molar-refractivity contribution >= 4 is 5.78 Å². The van der Waals surface area contributed by atoms with Crippen molar-refractivity contribution in [3.8, 4) is 11.5 Å². The lowest BCUT2D eigenvalue weighted by Gasteiger charge is -2.72. The van der Waals surface area contributed by atoms with Gasteiger partial charge in [0.2, 0.25) is 0 Å². The highest BCUT2D eigenvalue weighted by Gasteiger charge is 2.86. The van der Waals surface area contributed by atoms with Crippen LogP contribution in [0.4, 0.5) is 0 Å². The lowest BCUT2D eigenvalue weighted by molar-refractivity contribution is -0.267. The fraction of sp³-hybridized carbons (Fsp3) is 0.767.